The Morgan fingerprint density at radius 2 is 0.758 bits per heavy atom. The lowest BCUT2D eigenvalue weighted by molar-refractivity contribution is 0.383. The molecule has 1 aliphatic heterocycles. The van der Waals surface area contributed by atoms with Crippen molar-refractivity contribution in [1.82, 2.24) is 0 Å². The van der Waals surface area contributed by atoms with Crippen molar-refractivity contribution >= 4 is 90.5 Å². The lowest BCUT2D eigenvalue weighted by Gasteiger charge is -2.26. The Hall–Kier alpha value is -7.27. The van der Waals surface area contributed by atoms with Gasteiger partial charge in [-0.25, -0.2) is 0 Å². The predicted octanol–water partition coefficient (Wildman–Crippen LogP) is 16.6. The fourth-order valence-electron chi connectivity index (χ4n) is 7.86. The molecule has 2 aromatic heterocycles. The van der Waals surface area contributed by atoms with Crippen LogP contribution in [0.5, 0.6) is 28.7 Å². The SMILES string of the molecule is c1ccc(-c2ccccc2Op2oc3ccccc3c3ccccc3o2)c(OP2Oc3cccc4cc5cccc(Op6oc7ccccc7c7ccccc7o6)c5c(c34)O2)c1. The molecule has 12 rings (SSSR count). The van der Waals surface area contributed by atoms with Gasteiger partial charge in [0.25, 0.3) is 0 Å². The summed E-state index contributed by atoms with van der Waals surface area (Å²) < 4.78 is 59.1. The Balaban J connectivity index is 0.924. The lowest BCUT2D eigenvalue weighted by atomic mass is 10.0. The fraction of sp³-hybridized carbons (Fsp3) is 0. The molecule has 0 spiro atoms. The molecular weight excluding hydrogens is 837 g/mol. The van der Waals surface area contributed by atoms with E-state index in [9.17, 15) is 0 Å². The van der Waals surface area contributed by atoms with Crippen molar-refractivity contribution in [1.29, 1.82) is 0 Å². The van der Waals surface area contributed by atoms with E-state index in [1.807, 2.05) is 182 Å². The minimum atomic E-state index is -2.03. The Bertz CT molecular complexity index is 3510. The van der Waals surface area contributed by atoms with Crippen molar-refractivity contribution in [3.8, 4) is 39.9 Å². The van der Waals surface area contributed by atoms with E-state index < -0.39 is 25.1 Å². The average Bonchev–Trinajstić information content (AvgIpc) is 3.57. The van der Waals surface area contributed by atoms with Crippen molar-refractivity contribution in [3.05, 3.63) is 188 Å². The van der Waals surface area contributed by atoms with Crippen LogP contribution in [0.2, 0.25) is 0 Å². The molecule has 62 heavy (non-hydrogen) atoms. The Kier molecular flexibility index (Phi) is 9.04. The molecule has 9 aromatic carbocycles. The van der Waals surface area contributed by atoms with Gasteiger partial charge in [0.2, 0.25) is 0 Å². The molecule has 11 aromatic rings. The van der Waals surface area contributed by atoms with Gasteiger partial charge in [0, 0.05) is 32.7 Å². The largest absolute Gasteiger partial charge is 0.530 e. The number of hydrogen-bond donors (Lipinski definition) is 0. The maximum Gasteiger partial charge on any atom is 0.530 e. The van der Waals surface area contributed by atoms with Crippen LogP contribution in [0.1, 0.15) is 0 Å². The third kappa shape index (κ3) is 6.55. The van der Waals surface area contributed by atoms with Crippen LogP contribution in [0.3, 0.4) is 0 Å². The van der Waals surface area contributed by atoms with Crippen molar-refractivity contribution in [2.75, 3.05) is 0 Å². The van der Waals surface area contributed by atoms with E-state index in [1.165, 1.54) is 0 Å². The highest BCUT2D eigenvalue weighted by atomic mass is 31.2. The van der Waals surface area contributed by atoms with Gasteiger partial charge in [0.15, 0.2) is 5.75 Å². The summed E-state index contributed by atoms with van der Waals surface area (Å²) in [5.74, 6) is 2.85. The highest BCUT2D eigenvalue weighted by Gasteiger charge is 2.32. The zero-order valence-electron chi connectivity index (χ0n) is 32.4. The highest BCUT2D eigenvalue weighted by molar-refractivity contribution is 7.43. The van der Waals surface area contributed by atoms with Gasteiger partial charge >= 0.3 is 25.1 Å². The Morgan fingerprint density at radius 3 is 1.31 bits per heavy atom. The van der Waals surface area contributed by atoms with Crippen molar-refractivity contribution in [2.45, 2.75) is 0 Å². The molecule has 0 fully saturated rings. The van der Waals surface area contributed by atoms with Gasteiger partial charge < -0.3 is 39.4 Å². The fourth-order valence-corrected chi connectivity index (χ4v) is 11.1. The summed E-state index contributed by atoms with van der Waals surface area (Å²) in [6.45, 7) is 0. The Morgan fingerprint density at radius 1 is 0.339 bits per heavy atom. The summed E-state index contributed by atoms with van der Waals surface area (Å²) in [7, 11) is -5.86. The van der Waals surface area contributed by atoms with Crippen LogP contribution in [0, 0.1) is 0 Å². The number of para-hydroxylation sites is 6. The maximum absolute atomic E-state index is 6.81. The molecule has 0 radical (unpaired) electrons. The third-order valence-electron chi connectivity index (χ3n) is 10.6. The monoisotopic (exact) mass is 868 g/mol. The quantitative estimate of drug-likeness (QED) is 0.114. The standard InChI is InChI=1S/C50H31O9P3/c1-7-23-40-34(17-1)35-18-2-8-24-41(35)52-60(51-40)53-42-25-9-3-21-38(42)39-22-6-12-28-45(39)56-62-58-47-30-14-16-33-31-32-15-13-29-46(48(32)50(59-62)49(33)47)57-61-54-43-26-10-4-19-36(43)37-20-5-11-27-44(37)55-61/h1-31H. The second-order valence-corrected chi connectivity index (χ2v) is 17.4. The molecule has 0 amide bonds. The first-order chi connectivity index (χ1) is 30.7. The van der Waals surface area contributed by atoms with Crippen LogP contribution < -0.4 is 22.6 Å². The molecule has 1 unspecified atom stereocenters. The molecule has 1 aliphatic rings. The molecule has 0 saturated heterocycles. The first-order valence-corrected chi connectivity index (χ1v) is 23.0. The van der Waals surface area contributed by atoms with Crippen LogP contribution in [0.4, 0.5) is 0 Å². The van der Waals surface area contributed by atoms with Gasteiger partial charge in [-0.3, -0.25) is 0 Å². The van der Waals surface area contributed by atoms with Gasteiger partial charge in [-0.1, -0.05) is 133 Å². The van der Waals surface area contributed by atoms with E-state index in [0.29, 0.717) is 51.1 Å². The van der Waals surface area contributed by atoms with E-state index in [4.69, 9.17) is 39.4 Å². The molecule has 3 heterocycles. The maximum atomic E-state index is 6.81. The minimum Gasteiger partial charge on any atom is -0.408 e. The van der Waals surface area contributed by atoms with Gasteiger partial charge in [-0.15, -0.1) is 0 Å². The molecule has 0 bridgehead atoms. The van der Waals surface area contributed by atoms with Gasteiger partial charge in [0.05, 0.1) is 10.8 Å². The summed E-state index contributed by atoms with van der Waals surface area (Å²) >= 11 is 0. The van der Waals surface area contributed by atoms with Crippen LogP contribution in [0.15, 0.2) is 205 Å². The van der Waals surface area contributed by atoms with Crippen LogP contribution in [0.25, 0.3) is 76.5 Å². The summed E-state index contributed by atoms with van der Waals surface area (Å²) in [5.41, 5.74) is 4.25. The van der Waals surface area contributed by atoms with Gasteiger partial charge in [-0.2, -0.15) is 0 Å². The number of fused-ring (bicyclic) bond motifs is 8. The average molecular weight is 869 g/mol. The number of benzene rings is 9. The zero-order chi connectivity index (χ0) is 41.0. The van der Waals surface area contributed by atoms with E-state index in [2.05, 4.69) is 6.07 Å². The molecule has 300 valence electrons. The second kappa shape index (κ2) is 15.3. The molecule has 0 saturated carbocycles. The highest BCUT2D eigenvalue weighted by Crippen LogP contribution is 2.57. The van der Waals surface area contributed by atoms with E-state index in [1.54, 1.807) is 0 Å². The summed E-state index contributed by atoms with van der Waals surface area (Å²) in [6, 6.07) is 60.9. The molecule has 1 atom stereocenters. The summed E-state index contributed by atoms with van der Waals surface area (Å²) in [6.07, 6.45) is 0. The summed E-state index contributed by atoms with van der Waals surface area (Å²) in [5, 5.41) is 7.15. The van der Waals surface area contributed by atoms with E-state index in [0.717, 1.165) is 54.2 Å². The van der Waals surface area contributed by atoms with Crippen molar-refractivity contribution < 1.29 is 39.4 Å². The van der Waals surface area contributed by atoms with E-state index >= 15 is 0 Å². The number of hydrogen-bond acceptors (Lipinski definition) is 9. The summed E-state index contributed by atoms with van der Waals surface area (Å²) in [4.78, 5) is 0. The molecule has 9 nitrogen and oxygen atoms in total. The second-order valence-electron chi connectivity index (χ2n) is 14.4. The first-order valence-electron chi connectivity index (χ1n) is 19.8. The zero-order valence-corrected chi connectivity index (χ0v) is 35.1. The van der Waals surface area contributed by atoms with Gasteiger partial charge in [0.1, 0.15) is 45.3 Å². The lowest BCUT2D eigenvalue weighted by Crippen LogP contribution is -2.08. The predicted molar refractivity (Wildman–Crippen MR) is 247 cm³/mol. The van der Waals surface area contributed by atoms with E-state index in [-0.39, 0.29) is 0 Å². The first kappa shape index (κ1) is 36.6. The molecular formula is C50H31O9P3. The molecule has 0 N–H and O–H groups in total. The Labute approximate surface area is 356 Å². The van der Waals surface area contributed by atoms with Gasteiger partial charge in [-0.05, 0) is 65.4 Å². The number of rotatable bonds is 7. The van der Waals surface area contributed by atoms with Crippen LogP contribution in [-0.2, 0) is 0 Å². The smallest absolute Gasteiger partial charge is 0.408 e. The topological polar surface area (TPSA) is 98.7 Å². The van der Waals surface area contributed by atoms with Crippen LogP contribution in [-0.4, -0.2) is 0 Å². The molecule has 12 heteroatoms. The van der Waals surface area contributed by atoms with Crippen molar-refractivity contribution in [2.24, 2.45) is 0 Å². The normalized spacial score (nSPS) is 13.3. The van der Waals surface area contributed by atoms with Crippen LogP contribution >= 0.6 is 25.1 Å². The third-order valence-corrected chi connectivity index (χ3v) is 13.7. The molecule has 0 aliphatic carbocycles. The van der Waals surface area contributed by atoms with Crippen molar-refractivity contribution in [3.63, 3.8) is 0 Å². The minimum absolute atomic E-state index is 0.536.